The number of rotatable bonds is 6. The van der Waals surface area contributed by atoms with Gasteiger partial charge in [0.1, 0.15) is 0 Å². The molecule has 0 saturated carbocycles. The van der Waals surface area contributed by atoms with E-state index < -0.39 is 5.92 Å². The van der Waals surface area contributed by atoms with E-state index in [0.29, 0.717) is 18.1 Å². The van der Waals surface area contributed by atoms with Crippen LogP contribution in [0.15, 0.2) is 34.9 Å². The highest BCUT2D eigenvalue weighted by Crippen LogP contribution is 2.14. The number of hydrogen-bond acceptors (Lipinski definition) is 6. The van der Waals surface area contributed by atoms with Gasteiger partial charge in [0.25, 0.3) is 0 Å². The molecule has 8 heteroatoms. The minimum absolute atomic E-state index is 0.0645. The molecular formula is C18H23N5O3. The standard InChI is InChI=1S/C18H23N5O3/c1-11-14(18(25)21-12(2)20-11)9-16(24)19-10-17-22-15(23-26-17)8-13-6-4-3-5-7-13/h3-7,11-12,14,20H,8-10H2,1-2H3,(H,19,24)(H,21,25). The second-order valence-corrected chi connectivity index (χ2v) is 6.54. The Balaban J connectivity index is 1.48. The van der Waals surface area contributed by atoms with Crippen molar-refractivity contribution in [2.45, 2.75) is 45.4 Å². The van der Waals surface area contributed by atoms with Crippen LogP contribution in [-0.4, -0.2) is 34.2 Å². The van der Waals surface area contributed by atoms with Gasteiger partial charge in [-0.05, 0) is 19.4 Å². The second kappa shape index (κ2) is 8.09. The van der Waals surface area contributed by atoms with Crippen LogP contribution in [0.1, 0.15) is 37.5 Å². The van der Waals surface area contributed by atoms with Gasteiger partial charge < -0.3 is 15.2 Å². The predicted molar refractivity (Wildman–Crippen MR) is 93.7 cm³/mol. The molecule has 138 valence electrons. The van der Waals surface area contributed by atoms with Crippen LogP contribution in [0.25, 0.3) is 0 Å². The van der Waals surface area contributed by atoms with Crippen molar-refractivity contribution in [3.8, 4) is 0 Å². The van der Waals surface area contributed by atoms with Gasteiger partial charge in [-0.3, -0.25) is 14.9 Å². The summed E-state index contributed by atoms with van der Waals surface area (Å²) in [7, 11) is 0. The Morgan fingerprint density at radius 3 is 2.77 bits per heavy atom. The van der Waals surface area contributed by atoms with E-state index >= 15 is 0 Å². The molecule has 1 aliphatic rings. The van der Waals surface area contributed by atoms with Gasteiger partial charge in [0.15, 0.2) is 5.82 Å². The van der Waals surface area contributed by atoms with Crippen molar-refractivity contribution in [3.05, 3.63) is 47.6 Å². The van der Waals surface area contributed by atoms with Crippen LogP contribution in [0.2, 0.25) is 0 Å². The maximum atomic E-state index is 12.1. The fourth-order valence-corrected chi connectivity index (χ4v) is 3.03. The molecule has 1 aromatic heterocycles. The zero-order valence-electron chi connectivity index (χ0n) is 14.9. The normalized spacial score (nSPS) is 22.7. The monoisotopic (exact) mass is 357 g/mol. The molecule has 1 fully saturated rings. The third-order valence-corrected chi connectivity index (χ3v) is 4.37. The van der Waals surface area contributed by atoms with Gasteiger partial charge in [0.2, 0.25) is 17.7 Å². The summed E-state index contributed by atoms with van der Waals surface area (Å²) in [6, 6.07) is 9.77. The average molecular weight is 357 g/mol. The van der Waals surface area contributed by atoms with Gasteiger partial charge in [-0.15, -0.1) is 0 Å². The molecule has 2 heterocycles. The van der Waals surface area contributed by atoms with Gasteiger partial charge in [-0.1, -0.05) is 35.5 Å². The van der Waals surface area contributed by atoms with Gasteiger partial charge >= 0.3 is 0 Å². The highest BCUT2D eigenvalue weighted by Gasteiger charge is 2.33. The number of hydrogen-bond donors (Lipinski definition) is 3. The lowest BCUT2D eigenvalue weighted by molar-refractivity contribution is -0.133. The lowest BCUT2D eigenvalue weighted by atomic mass is 9.93. The fourth-order valence-electron chi connectivity index (χ4n) is 3.03. The van der Waals surface area contributed by atoms with E-state index in [-0.39, 0.29) is 37.0 Å². The molecule has 1 aliphatic heterocycles. The van der Waals surface area contributed by atoms with Gasteiger partial charge in [-0.25, -0.2) is 0 Å². The molecule has 0 aliphatic carbocycles. The summed E-state index contributed by atoms with van der Waals surface area (Å²) >= 11 is 0. The van der Waals surface area contributed by atoms with E-state index in [4.69, 9.17) is 4.52 Å². The van der Waals surface area contributed by atoms with E-state index in [0.717, 1.165) is 5.56 Å². The lowest BCUT2D eigenvalue weighted by Gasteiger charge is -2.33. The summed E-state index contributed by atoms with van der Waals surface area (Å²) in [6.07, 6.45) is 0.595. The van der Waals surface area contributed by atoms with Crippen LogP contribution in [-0.2, 0) is 22.6 Å². The highest BCUT2D eigenvalue weighted by atomic mass is 16.5. The molecule has 1 saturated heterocycles. The SMILES string of the molecule is CC1NC(=O)C(CC(=O)NCc2nc(Cc3ccccc3)no2)C(C)N1. The number of aromatic nitrogens is 2. The van der Waals surface area contributed by atoms with Crippen LogP contribution < -0.4 is 16.0 Å². The van der Waals surface area contributed by atoms with E-state index in [9.17, 15) is 9.59 Å². The van der Waals surface area contributed by atoms with Crippen molar-refractivity contribution in [1.82, 2.24) is 26.1 Å². The van der Waals surface area contributed by atoms with E-state index in [1.54, 1.807) is 0 Å². The van der Waals surface area contributed by atoms with Gasteiger partial charge in [0, 0.05) is 18.9 Å². The Bertz CT molecular complexity index is 761. The molecule has 1 aromatic carbocycles. The molecule has 0 spiro atoms. The first-order valence-corrected chi connectivity index (χ1v) is 8.70. The Hall–Kier alpha value is -2.74. The van der Waals surface area contributed by atoms with E-state index in [2.05, 4.69) is 26.1 Å². The average Bonchev–Trinajstić information content (AvgIpc) is 3.04. The third kappa shape index (κ3) is 4.66. The Labute approximate surface area is 151 Å². The van der Waals surface area contributed by atoms with Crippen LogP contribution in [0, 0.1) is 5.92 Å². The highest BCUT2D eigenvalue weighted by molar-refractivity contribution is 5.86. The summed E-state index contributed by atoms with van der Waals surface area (Å²) in [4.78, 5) is 28.5. The Morgan fingerprint density at radius 2 is 2.04 bits per heavy atom. The van der Waals surface area contributed by atoms with Crippen LogP contribution in [0.3, 0.4) is 0 Å². The molecule has 2 amide bonds. The Kier molecular flexibility index (Phi) is 5.62. The maximum Gasteiger partial charge on any atom is 0.246 e. The summed E-state index contributed by atoms with van der Waals surface area (Å²) in [5.74, 6) is 0.177. The minimum atomic E-state index is -0.400. The molecular weight excluding hydrogens is 334 g/mol. The fraction of sp³-hybridized carbons (Fsp3) is 0.444. The molecule has 3 N–H and O–H groups in total. The summed E-state index contributed by atoms with van der Waals surface area (Å²) < 4.78 is 5.17. The molecule has 0 radical (unpaired) electrons. The third-order valence-electron chi connectivity index (χ3n) is 4.37. The smallest absolute Gasteiger partial charge is 0.246 e. The summed E-state index contributed by atoms with van der Waals surface area (Å²) in [5.41, 5.74) is 1.09. The van der Waals surface area contributed by atoms with Gasteiger partial charge in [-0.2, -0.15) is 4.98 Å². The first-order valence-electron chi connectivity index (χ1n) is 8.70. The number of benzene rings is 1. The zero-order valence-corrected chi connectivity index (χ0v) is 14.9. The van der Waals surface area contributed by atoms with Crippen LogP contribution in [0.5, 0.6) is 0 Å². The molecule has 3 rings (SSSR count). The minimum Gasteiger partial charge on any atom is -0.347 e. The number of carbonyl (C=O) groups is 2. The lowest BCUT2D eigenvalue weighted by Crippen LogP contribution is -2.59. The summed E-state index contributed by atoms with van der Waals surface area (Å²) in [6.45, 7) is 3.92. The zero-order chi connectivity index (χ0) is 18.5. The Morgan fingerprint density at radius 1 is 1.27 bits per heavy atom. The maximum absolute atomic E-state index is 12.1. The van der Waals surface area contributed by atoms with Crippen molar-refractivity contribution in [1.29, 1.82) is 0 Å². The predicted octanol–water partition coefficient (Wildman–Crippen LogP) is 0.737. The number of nitrogens with one attached hydrogen (secondary N) is 3. The van der Waals surface area contributed by atoms with Crippen molar-refractivity contribution in [2.24, 2.45) is 5.92 Å². The largest absolute Gasteiger partial charge is 0.347 e. The molecule has 3 atom stereocenters. The first-order chi connectivity index (χ1) is 12.5. The van der Waals surface area contributed by atoms with Gasteiger partial charge in [0.05, 0.1) is 18.6 Å². The van der Waals surface area contributed by atoms with E-state index in [1.807, 2.05) is 44.2 Å². The van der Waals surface area contributed by atoms with Crippen LogP contribution in [0.4, 0.5) is 0 Å². The second-order valence-electron chi connectivity index (χ2n) is 6.54. The quantitative estimate of drug-likeness (QED) is 0.703. The molecule has 8 nitrogen and oxygen atoms in total. The molecule has 2 aromatic rings. The summed E-state index contributed by atoms with van der Waals surface area (Å²) in [5, 5.41) is 12.7. The molecule has 26 heavy (non-hydrogen) atoms. The van der Waals surface area contributed by atoms with Crippen LogP contribution >= 0.6 is 0 Å². The van der Waals surface area contributed by atoms with Crippen molar-refractivity contribution in [2.75, 3.05) is 0 Å². The molecule has 3 unspecified atom stereocenters. The van der Waals surface area contributed by atoms with Crippen molar-refractivity contribution in [3.63, 3.8) is 0 Å². The molecule has 0 bridgehead atoms. The van der Waals surface area contributed by atoms with E-state index in [1.165, 1.54) is 0 Å². The number of carbonyl (C=O) groups excluding carboxylic acids is 2. The number of amides is 2. The number of nitrogens with zero attached hydrogens (tertiary/aromatic N) is 2. The first kappa shape index (κ1) is 18.1. The van der Waals surface area contributed by atoms with Crippen molar-refractivity contribution >= 4 is 11.8 Å². The van der Waals surface area contributed by atoms with Crippen molar-refractivity contribution < 1.29 is 14.1 Å². The topological polar surface area (TPSA) is 109 Å².